The summed E-state index contributed by atoms with van der Waals surface area (Å²) in [6, 6.07) is 0. The molecule has 0 aliphatic carbocycles. The summed E-state index contributed by atoms with van der Waals surface area (Å²) in [5.41, 5.74) is 0. The second kappa shape index (κ2) is 9.21. The van der Waals surface area contributed by atoms with Crippen molar-refractivity contribution in [1.29, 1.82) is 0 Å². The Bertz CT molecular complexity index is 65.8. The molecule has 0 aromatic rings. The Hall–Kier alpha value is 2.21. The molecule has 48 valence electrons. The maximum absolute atomic E-state index is 8.88. The van der Waals surface area contributed by atoms with Gasteiger partial charge in [0.1, 0.15) is 0 Å². The van der Waals surface area contributed by atoms with Gasteiger partial charge in [-0.1, -0.05) is 0 Å². The molecule has 0 bridgehead atoms. The van der Waals surface area contributed by atoms with E-state index in [0.717, 1.165) is 0 Å². The van der Waals surface area contributed by atoms with E-state index in [1.54, 1.807) is 0 Å². The third-order valence-corrected chi connectivity index (χ3v) is 0. The first-order valence-electron chi connectivity index (χ1n) is 0.783. The molecule has 0 atom stereocenters. The van der Waals surface area contributed by atoms with E-state index < -0.39 is 7.82 Å². The van der Waals surface area contributed by atoms with Crippen LogP contribution < -0.4 is 0 Å². The fourth-order valence-corrected chi connectivity index (χ4v) is 0. The molecular formula is H7CaO5PZr. The molecule has 0 amide bonds. The molecule has 0 aliphatic rings. The SMILES string of the molecule is O.O=P(O)(O)O.[Ca+2].[H-].[H-].[Zr]. The van der Waals surface area contributed by atoms with Crippen molar-refractivity contribution in [3.63, 3.8) is 0 Å². The summed E-state index contributed by atoms with van der Waals surface area (Å²) in [6.07, 6.45) is 0. The van der Waals surface area contributed by atoms with Crippen molar-refractivity contribution in [3.05, 3.63) is 0 Å². The zero-order chi connectivity index (χ0) is 4.50. The first-order chi connectivity index (χ1) is 2.00. The van der Waals surface area contributed by atoms with Gasteiger partial charge < -0.3 is 23.0 Å². The quantitative estimate of drug-likeness (QED) is 0.344. The smallest absolute Gasteiger partial charge is 1.00 e. The molecule has 0 fully saturated rings. The first kappa shape index (κ1) is 22.5. The largest absolute Gasteiger partial charge is 2.00 e. The Morgan fingerprint density at radius 3 is 1.25 bits per heavy atom. The molecule has 0 heterocycles. The molecule has 8 heteroatoms. The third kappa shape index (κ3) is 87.3. The summed E-state index contributed by atoms with van der Waals surface area (Å²) >= 11 is 0. The van der Waals surface area contributed by atoms with Crippen molar-refractivity contribution in [2.45, 2.75) is 0 Å². The number of rotatable bonds is 0. The number of hydrogen-bond acceptors (Lipinski definition) is 1. The zero-order valence-corrected chi connectivity index (χ0v) is 9.47. The summed E-state index contributed by atoms with van der Waals surface area (Å²) in [7, 11) is -4.64. The molecule has 0 aromatic heterocycles. The van der Waals surface area contributed by atoms with Crippen LogP contribution in [0.5, 0.6) is 0 Å². The molecule has 0 saturated carbocycles. The van der Waals surface area contributed by atoms with Crippen LogP contribution in [0.15, 0.2) is 0 Å². The van der Waals surface area contributed by atoms with Gasteiger partial charge in [0.2, 0.25) is 0 Å². The Morgan fingerprint density at radius 2 is 1.25 bits per heavy atom. The van der Waals surface area contributed by atoms with Crippen molar-refractivity contribution in [3.8, 4) is 0 Å². The van der Waals surface area contributed by atoms with E-state index in [9.17, 15) is 0 Å². The van der Waals surface area contributed by atoms with Crippen LogP contribution in [-0.2, 0) is 30.8 Å². The number of phosphoric acid groups is 1. The van der Waals surface area contributed by atoms with Crippen molar-refractivity contribution in [2.24, 2.45) is 0 Å². The maximum atomic E-state index is 8.88. The van der Waals surface area contributed by atoms with Gasteiger partial charge in [0.15, 0.2) is 0 Å². The van der Waals surface area contributed by atoms with Crippen molar-refractivity contribution < 1.29 is 53.8 Å². The van der Waals surface area contributed by atoms with Crippen molar-refractivity contribution in [2.75, 3.05) is 0 Å². The summed E-state index contributed by atoms with van der Waals surface area (Å²) < 4.78 is 8.88. The average molecular weight is 249 g/mol. The Kier molecular flexibility index (Phi) is 25.9. The normalized spacial score (nSPS) is 7.38. The van der Waals surface area contributed by atoms with Gasteiger partial charge in [-0.15, -0.1) is 0 Å². The topological polar surface area (TPSA) is 109 Å². The fraction of sp³-hybridized carbons (Fsp3) is 0. The number of hydrogen-bond donors (Lipinski definition) is 3. The second-order valence-corrected chi connectivity index (χ2v) is 1.54. The van der Waals surface area contributed by atoms with E-state index in [0.29, 0.717) is 0 Å². The summed E-state index contributed by atoms with van der Waals surface area (Å²) in [5.74, 6) is 0. The molecular weight excluding hydrogens is 242 g/mol. The average Bonchev–Trinajstić information content (AvgIpc) is 0.722. The molecule has 0 rings (SSSR count). The van der Waals surface area contributed by atoms with Gasteiger partial charge >= 0.3 is 45.6 Å². The molecule has 8 heavy (non-hydrogen) atoms. The molecule has 0 aliphatic heterocycles. The molecule has 0 spiro atoms. The Balaban J connectivity index is -0.00000000800. The fourth-order valence-electron chi connectivity index (χ4n) is 0. The van der Waals surface area contributed by atoms with Gasteiger partial charge in [0.05, 0.1) is 0 Å². The Morgan fingerprint density at radius 1 is 1.25 bits per heavy atom. The Labute approximate surface area is 98.1 Å². The molecule has 5 N–H and O–H groups in total. The minimum absolute atomic E-state index is 0. The van der Waals surface area contributed by atoms with E-state index in [-0.39, 0.29) is 72.3 Å². The van der Waals surface area contributed by atoms with E-state index in [2.05, 4.69) is 0 Å². The second-order valence-electron chi connectivity index (χ2n) is 0.513. The predicted octanol–water partition coefficient (Wildman–Crippen LogP) is -1.91. The summed E-state index contributed by atoms with van der Waals surface area (Å²) in [4.78, 5) is 21.6. The van der Waals surface area contributed by atoms with Crippen LogP contribution in [0.3, 0.4) is 0 Å². The van der Waals surface area contributed by atoms with E-state index >= 15 is 0 Å². The van der Waals surface area contributed by atoms with Gasteiger partial charge in [-0.2, -0.15) is 0 Å². The molecule has 0 aromatic carbocycles. The van der Waals surface area contributed by atoms with E-state index in [1.807, 2.05) is 0 Å². The predicted molar refractivity (Wildman–Crippen MR) is 25.9 cm³/mol. The molecule has 0 saturated heterocycles. The van der Waals surface area contributed by atoms with Gasteiger partial charge in [-0.3, -0.25) is 0 Å². The minimum atomic E-state index is -4.64. The van der Waals surface area contributed by atoms with Crippen LogP contribution in [0.4, 0.5) is 0 Å². The molecule has 0 unspecified atom stereocenters. The van der Waals surface area contributed by atoms with Crippen LogP contribution in [0.25, 0.3) is 0 Å². The van der Waals surface area contributed by atoms with Crippen molar-refractivity contribution >= 4 is 45.6 Å². The monoisotopic (exact) mass is 248 g/mol. The van der Waals surface area contributed by atoms with Gasteiger partial charge in [0.25, 0.3) is 0 Å². The molecule has 0 radical (unpaired) electrons. The summed E-state index contributed by atoms with van der Waals surface area (Å²) in [5, 5.41) is 0. The van der Waals surface area contributed by atoms with Gasteiger partial charge in [-0.05, 0) is 0 Å². The van der Waals surface area contributed by atoms with Crippen LogP contribution >= 0.6 is 7.82 Å². The van der Waals surface area contributed by atoms with Crippen LogP contribution in [0.2, 0.25) is 0 Å². The van der Waals surface area contributed by atoms with E-state index in [4.69, 9.17) is 19.2 Å². The van der Waals surface area contributed by atoms with Crippen LogP contribution in [-0.4, -0.2) is 57.9 Å². The molecule has 5 nitrogen and oxygen atoms in total. The van der Waals surface area contributed by atoms with Crippen LogP contribution in [0, 0.1) is 0 Å². The minimum Gasteiger partial charge on any atom is -1.00 e. The maximum Gasteiger partial charge on any atom is 2.00 e. The standard InChI is InChI=1S/Ca.H3O4P.H2O.Zr.2H/c;1-5(2,3)4;;;;/h;(H3,1,2,3,4);1H2;;;/q+2;;;;2*-1. The summed E-state index contributed by atoms with van der Waals surface area (Å²) in [6.45, 7) is 0. The van der Waals surface area contributed by atoms with Crippen LogP contribution in [0.1, 0.15) is 2.85 Å². The first-order valence-corrected chi connectivity index (χ1v) is 2.35. The third-order valence-electron chi connectivity index (χ3n) is 0. The van der Waals surface area contributed by atoms with Crippen molar-refractivity contribution in [1.82, 2.24) is 0 Å². The zero-order valence-electron chi connectivity index (χ0n) is 5.90. The van der Waals surface area contributed by atoms with E-state index in [1.165, 1.54) is 0 Å². The van der Waals surface area contributed by atoms with Gasteiger partial charge in [0, 0.05) is 26.2 Å². The van der Waals surface area contributed by atoms with Gasteiger partial charge in [-0.25, -0.2) is 4.57 Å².